The zero-order valence-corrected chi connectivity index (χ0v) is 10.8. The van der Waals surface area contributed by atoms with Gasteiger partial charge in [-0.2, -0.15) is 0 Å². The predicted octanol–water partition coefficient (Wildman–Crippen LogP) is 2.44. The van der Waals surface area contributed by atoms with Crippen LogP contribution in [-0.4, -0.2) is 25.2 Å². The molecule has 1 N–H and O–H groups in total. The van der Waals surface area contributed by atoms with Crippen LogP contribution in [-0.2, 0) is 0 Å². The Labute approximate surface area is 98.2 Å². The summed E-state index contributed by atoms with van der Waals surface area (Å²) in [6, 6.07) is 6.35. The molecule has 0 aliphatic heterocycles. The summed E-state index contributed by atoms with van der Waals surface area (Å²) in [7, 11) is 3.64. The van der Waals surface area contributed by atoms with E-state index in [4.69, 9.17) is 4.74 Å². The molecule has 0 radical (unpaired) electrons. The fourth-order valence-corrected chi connectivity index (χ4v) is 2.08. The van der Waals surface area contributed by atoms with Crippen LogP contribution in [0.5, 0.6) is 5.88 Å². The van der Waals surface area contributed by atoms with E-state index in [2.05, 4.69) is 37.1 Å². The molecule has 0 spiro atoms. The minimum absolute atomic E-state index is 0.402. The van der Waals surface area contributed by atoms with Crippen molar-refractivity contribution in [1.29, 1.82) is 0 Å². The Hall–Kier alpha value is -1.09. The highest BCUT2D eigenvalue weighted by Gasteiger charge is 2.23. The van der Waals surface area contributed by atoms with Gasteiger partial charge < -0.3 is 10.1 Å². The van der Waals surface area contributed by atoms with Crippen molar-refractivity contribution < 1.29 is 4.74 Å². The van der Waals surface area contributed by atoms with Crippen LogP contribution in [0.1, 0.15) is 32.4 Å². The molecule has 16 heavy (non-hydrogen) atoms. The maximum atomic E-state index is 5.17. The average Bonchev–Trinajstić information content (AvgIpc) is 2.29. The first kappa shape index (κ1) is 13.0. The number of hydrogen-bond acceptors (Lipinski definition) is 3. The molecule has 0 aliphatic carbocycles. The smallest absolute Gasteiger partial charge is 0.213 e. The second-order valence-corrected chi connectivity index (χ2v) is 4.45. The molecule has 0 fully saturated rings. The van der Waals surface area contributed by atoms with E-state index in [9.17, 15) is 0 Å². The fourth-order valence-electron chi connectivity index (χ4n) is 2.08. The summed E-state index contributed by atoms with van der Waals surface area (Å²) < 4.78 is 5.17. The summed E-state index contributed by atoms with van der Waals surface area (Å²) in [4.78, 5) is 4.52. The van der Waals surface area contributed by atoms with E-state index >= 15 is 0 Å². The van der Waals surface area contributed by atoms with E-state index < -0.39 is 0 Å². The highest BCUT2D eigenvalue weighted by molar-refractivity contribution is 5.20. The van der Waals surface area contributed by atoms with Crippen LogP contribution in [0.15, 0.2) is 18.2 Å². The lowest BCUT2D eigenvalue weighted by Crippen LogP contribution is -2.32. The van der Waals surface area contributed by atoms with E-state index in [1.807, 2.05) is 19.2 Å². The Morgan fingerprint density at radius 1 is 1.25 bits per heavy atom. The van der Waals surface area contributed by atoms with Crippen LogP contribution < -0.4 is 10.1 Å². The molecule has 2 unspecified atom stereocenters. The van der Waals surface area contributed by atoms with Crippen LogP contribution in [0, 0.1) is 5.92 Å². The molecule has 0 saturated carbocycles. The minimum Gasteiger partial charge on any atom is -0.481 e. The number of nitrogens with one attached hydrogen (secondary N) is 1. The third-order valence-corrected chi connectivity index (χ3v) is 3.01. The normalized spacial score (nSPS) is 14.9. The molecule has 1 aromatic rings. The van der Waals surface area contributed by atoms with Crippen LogP contribution in [0.2, 0.25) is 0 Å². The van der Waals surface area contributed by atoms with Crippen molar-refractivity contribution in [2.75, 3.05) is 14.2 Å². The topological polar surface area (TPSA) is 34.1 Å². The van der Waals surface area contributed by atoms with Gasteiger partial charge in [-0.1, -0.05) is 19.9 Å². The van der Waals surface area contributed by atoms with E-state index in [0.717, 1.165) is 5.69 Å². The largest absolute Gasteiger partial charge is 0.481 e. The van der Waals surface area contributed by atoms with Gasteiger partial charge in [0.25, 0.3) is 0 Å². The molecular weight excluding hydrogens is 200 g/mol. The molecule has 0 aromatic carbocycles. The zero-order chi connectivity index (χ0) is 12.1. The number of pyridine rings is 1. The third-order valence-electron chi connectivity index (χ3n) is 3.01. The highest BCUT2D eigenvalue weighted by Crippen LogP contribution is 2.27. The maximum absolute atomic E-state index is 5.17. The quantitative estimate of drug-likeness (QED) is 0.831. The van der Waals surface area contributed by atoms with Crippen molar-refractivity contribution >= 4 is 0 Å². The van der Waals surface area contributed by atoms with Crippen LogP contribution in [0.25, 0.3) is 0 Å². The van der Waals surface area contributed by atoms with Gasteiger partial charge >= 0.3 is 0 Å². The number of likely N-dealkylation sites (N-methyl/N-ethyl adjacent to an activating group) is 1. The van der Waals surface area contributed by atoms with Crippen LogP contribution in [0.4, 0.5) is 0 Å². The predicted molar refractivity (Wildman–Crippen MR) is 66.9 cm³/mol. The van der Waals surface area contributed by atoms with Gasteiger partial charge in [-0.05, 0) is 26.0 Å². The molecule has 3 heteroatoms. The molecule has 2 atom stereocenters. The Kier molecular flexibility index (Phi) is 4.74. The van der Waals surface area contributed by atoms with Crippen molar-refractivity contribution in [3.63, 3.8) is 0 Å². The number of aromatic nitrogens is 1. The van der Waals surface area contributed by atoms with Crippen molar-refractivity contribution in [3.8, 4) is 5.88 Å². The van der Waals surface area contributed by atoms with E-state index in [0.29, 0.717) is 23.8 Å². The second-order valence-electron chi connectivity index (χ2n) is 4.45. The molecule has 0 bridgehead atoms. The average molecular weight is 222 g/mol. The van der Waals surface area contributed by atoms with Crippen molar-refractivity contribution in [2.24, 2.45) is 5.92 Å². The van der Waals surface area contributed by atoms with E-state index in [1.165, 1.54) is 0 Å². The number of hydrogen-bond donors (Lipinski definition) is 1. The molecule has 1 heterocycles. The first-order valence-electron chi connectivity index (χ1n) is 5.78. The standard InChI is InChI=1S/C13H22N2O/c1-9(2)13(10(3)14-4)11-7-6-8-12(15-11)16-5/h6-10,13-14H,1-5H3. The first-order chi connectivity index (χ1) is 7.60. The lowest BCUT2D eigenvalue weighted by Gasteiger charge is -2.26. The second kappa shape index (κ2) is 5.85. The molecule has 0 saturated heterocycles. The zero-order valence-electron chi connectivity index (χ0n) is 10.8. The van der Waals surface area contributed by atoms with Gasteiger partial charge in [0, 0.05) is 23.7 Å². The molecule has 1 aromatic heterocycles. The van der Waals surface area contributed by atoms with E-state index in [1.54, 1.807) is 7.11 Å². The molecule has 90 valence electrons. The summed E-state index contributed by atoms with van der Waals surface area (Å²) in [5.74, 6) is 1.63. The third kappa shape index (κ3) is 2.95. The lowest BCUT2D eigenvalue weighted by molar-refractivity contribution is 0.369. The molecule has 0 aliphatic rings. The molecule has 3 nitrogen and oxygen atoms in total. The SMILES string of the molecule is CNC(C)C(c1cccc(OC)n1)C(C)C. The van der Waals surface area contributed by atoms with Crippen molar-refractivity contribution in [2.45, 2.75) is 32.7 Å². The van der Waals surface area contributed by atoms with Gasteiger partial charge in [0.1, 0.15) is 0 Å². The number of rotatable bonds is 5. The number of nitrogens with zero attached hydrogens (tertiary/aromatic N) is 1. The first-order valence-corrected chi connectivity index (χ1v) is 5.78. The molecule has 1 rings (SSSR count). The van der Waals surface area contributed by atoms with Gasteiger partial charge in [-0.3, -0.25) is 0 Å². The maximum Gasteiger partial charge on any atom is 0.213 e. The molecule has 0 amide bonds. The number of methoxy groups -OCH3 is 1. The Bertz CT molecular complexity index is 325. The van der Waals surface area contributed by atoms with Gasteiger partial charge in [-0.25, -0.2) is 4.98 Å². The Morgan fingerprint density at radius 2 is 1.94 bits per heavy atom. The highest BCUT2D eigenvalue weighted by atomic mass is 16.5. The van der Waals surface area contributed by atoms with Gasteiger partial charge in [0.15, 0.2) is 0 Å². The number of ether oxygens (including phenoxy) is 1. The van der Waals surface area contributed by atoms with Crippen LogP contribution >= 0.6 is 0 Å². The fraction of sp³-hybridized carbons (Fsp3) is 0.615. The Balaban J connectivity index is 3.00. The molecular formula is C13H22N2O. The summed E-state index contributed by atoms with van der Waals surface area (Å²) in [6.07, 6.45) is 0. The summed E-state index contributed by atoms with van der Waals surface area (Å²) in [5.41, 5.74) is 1.09. The van der Waals surface area contributed by atoms with Gasteiger partial charge in [-0.15, -0.1) is 0 Å². The van der Waals surface area contributed by atoms with Gasteiger partial charge in [0.05, 0.1) is 7.11 Å². The summed E-state index contributed by atoms with van der Waals surface area (Å²) in [5, 5.41) is 3.30. The summed E-state index contributed by atoms with van der Waals surface area (Å²) in [6.45, 7) is 6.63. The van der Waals surface area contributed by atoms with Gasteiger partial charge in [0.2, 0.25) is 5.88 Å². The van der Waals surface area contributed by atoms with Crippen molar-refractivity contribution in [1.82, 2.24) is 10.3 Å². The Morgan fingerprint density at radius 3 is 2.44 bits per heavy atom. The lowest BCUT2D eigenvalue weighted by atomic mass is 9.86. The monoisotopic (exact) mass is 222 g/mol. The minimum atomic E-state index is 0.402. The summed E-state index contributed by atoms with van der Waals surface area (Å²) >= 11 is 0. The van der Waals surface area contributed by atoms with Crippen LogP contribution in [0.3, 0.4) is 0 Å². The van der Waals surface area contributed by atoms with E-state index in [-0.39, 0.29) is 0 Å². The van der Waals surface area contributed by atoms with Crippen molar-refractivity contribution in [3.05, 3.63) is 23.9 Å².